The predicted octanol–water partition coefficient (Wildman–Crippen LogP) is 3.41. The summed E-state index contributed by atoms with van der Waals surface area (Å²) >= 11 is 1.56. The van der Waals surface area contributed by atoms with Gasteiger partial charge < -0.3 is 0 Å². The number of aromatic nitrogens is 8. The minimum Gasteiger partial charge on any atom is -0.299 e. The molecule has 32 heavy (non-hydrogen) atoms. The molecule has 0 atom stereocenters. The Bertz CT molecular complexity index is 1280. The highest BCUT2D eigenvalue weighted by molar-refractivity contribution is 7.12. The number of benzene rings is 1. The van der Waals surface area contributed by atoms with E-state index in [-0.39, 0.29) is 0 Å². The molecule has 6 rings (SSSR count). The fourth-order valence-electron chi connectivity index (χ4n) is 4.12. The Morgan fingerprint density at radius 2 is 1.88 bits per heavy atom. The van der Waals surface area contributed by atoms with E-state index in [1.54, 1.807) is 28.2 Å². The van der Waals surface area contributed by atoms with Crippen LogP contribution in [0, 0.1) is 0 Å². The summed E-state index contributed by atoms with van der Waals surface area (Å²) in [6, 6.07) is 10.4. The number of fused-ring (bicyclic) bond motifs is 1. The first kappa shape index (κ1) is 19.2. The van der Waals surface area contributed by atoms with E-state index >= 15 is 0 Å². The fraction of sp³-hybridized carbons (Fsp3) is 0.273. The van der Waals surface area contributed by atoms with E-state index in [1.165, 1.54) is 5.56 Å². The fourth-order valence-corrected chi connectivity index (χ4v) is 4.69. The lowest BCUT2D eigenvalue weighted by atomic mass is 9.96. The van der Waals surface area contributed by atoms with Crippen LogP contribution in [0.3, 0.4) is 0 Å². The van der Waals surface area contributed by atoms with Gasteiger partial charge in [0.15, 0.2) is 10.8 Å². The molecule has 0 aliphatic carbocycles. The lowest BCUT2D eigenvalue weighted by Gasteiger charge is -2.30. The van der Waals surface area contributed by atoms with Crippen LogP contribution in [0.4, 0.5) is 0 Å². The van der Waals surface area contributed by atoms with Crippen LogP contribution in [0.25, 0.3) is 28.0 Å². The molecule has 1 saturated heterocycles. The van der Waals surface area contributed by atoms with Gasteiger partial charge in [0, 0.05) is 42.0 Å². The second-order valence-corrected chi connectivity index (χ2v) is 8.82. The number of nitrogens with one attached hydrogen (secondary N) is 1. The first-order valence-corrected chi connectivity index (χ1v) is 11.5. The Labute approximate surface area is 188 Å². The van der Waals surface area contributed by atoms with Gasteiger partial charge in [-0.25, -0.2) is 19.5 Å². The van der Waals surface area contributed by atoms with Crippen LogP contribution in [0.2, 0.25) is 0 Å². The number of H-pyrrole nitrogens is 1. The molecule has 0 radical (unpaired) electrons. The maximum absolute atomic E-state index is 4.68. The molecule has 1 aliphatic rings. The average molecular weight is 444 g/mol. The highest BCUT2D eigenvalue weighted by atomic mass is 32.1. The minimum absolute atomic E-state index is 0.421. The van der Waals surface area contributed by atoms with Gasteiger partial charge in [-0.15, -0.1) is 16.4 Å². The molecule has 0 amide bonds. The summed E-state index contributed by atoms with van der Waals surface area (Å²) in [5, 5.41) is 14.8. The van der Waals surface area contributed by atoms with E-state index in [2.05, 4.69) is 64.4 Å². The summed E-state index contributed by atoms with van der Waals surface area (Å²) in [7, 11) is 0. The van der Waals surface area contributed by atoms with E-state index in [0.717, 1.165) is 48.9 Å². The molecule has 160 valence electrons. The van der Waals surface area contributed by atoms with Crippen LogP contribution in [0.15, 0.2) is 54.3 Å². The number of nitrogens with zero attached hydrogens (tertiary/aromatic N) is 8. The first-order chi connectivity index (χ1) is 15.8. The summed E-state index contributed by atoms with van der Waals surface area (Å²) in [5.74, 6) is 3.41. The molecule has 9 nitrogen and oxygen atoms in total. The molecular weight excluding hydrogens is 422 g/mol. The summed E-state index contributed by atoms with van der Waals surface area (Å²) < 4.78 is 1.70. The van der Waals surface area contributed by atoms with Gasteiger partial charge in [-0.05, 0) is 37.6 Å². The Hall–Kier alpha value is -3.50. The number of likely N-dealkylation sites (tertiary alicyclic amines) is 1. The predicted molar refractivity (Wildman–Crippen MR) is 121 cm³/mol. The van der Waals surface area contributed by atoms with Gasteiger partial charge in [0.25, 0.3) is 5.78 Å². The van der Waals surface area contributed by atoms with Crippen molar-refractivity contribution in [2.24, 2.45) is 0 Å². The lowest BCUT2D eigenvalue weighted by Crippen LogP contribution is -2.32. The van der Waals surface area contributed by atoms with Crippen molar-refractivity contribution >= 4 is 17.1 Å². The molecule has 0 bridgehead atoms. The zero-order valence-corrected chi connectivity index (χ0v) is 18.1. The van der Waals surface area contributed by atoms with Crippen molar-refractivity contribution in [3.05, 3.63) is 65.7 Å². The highest BCUT2D eigenvalue weighted by Gasteiger charge is 2.24. The number of thiazole rings is 1. The third kappa shape index (κ3) is 3.78. The Morgan fingerprint density at radius 1 is 1.00 bits per heavy atom. The van der Waals surface area contributed by atoms with Crippen LogP contribution >= 0.6 is 11.3 Å². The third-order valence-corrected chi connectivity index (χ3v) is 6.60. The molecule has 0 saturated carbocycles. The number of hydrogen-bond donors (Lipinski definition) is 1. The van der Waals surface area contributed by atoms with Crippen molar-refractivity contribution in [1.82, 2.24) is 44.6 Å². The van der Waals surface area contributed by atoms with Crippen LogP contribution < -0.4 is 0 Å². The maximum Gasteiger partial charge on any atom is 0.252 e. The molecule has 0 spiro atoms. The van der Waals surface area contributed by atoms with Crippen LogP contribution in [-0.4, -0.2) is 57.7 Å². The third-order valence-electron chi connectivity index (χ3n) is 5.84. The molecular formula is C22H21N9S. The largest absolute Gasteiger partial charge is 0.299 e. The standard InChI is InChI=1S/C22H21N9S/c1-8-24-22-26-19(29-31(22)10-1)16-4-2-15(3-5-16)14-30-11-6-17(7-12-30)18-25-20(28-27-18)21-23-9-13-32-21/h1-5,8-10,13,17H,6-7,11-12,14H2,(H,25,27,28). The SMILES string of the molecule is c1cnc2nc(-c3ccc(CN4CCC(c5nc(-c6nccs6)n[nH]5)CC4)cc3)nn2c1. The normalized spacial score (nSPS) is 15.5. The smallest absolute Gasteiger partial charge is 0.252 e. The minimum atomic E-state index is 0.421. The van der Waals surface area contributed by atoms with E-state index in [0.29, 0.717) is 23.3 Å². The summed E-state index contributed by atoms with van der Waals surface area (Å²) in [6.07, 6.45) is 7.51. The molecule has 1 N–H and O–H groups in total. The van der Waals surface area contributed by atoms with Crippen LogP contribution in [0.5, 0.6) is 0 Å². The van der Waals surface area contributed by atoms with Gasteiger partial charge in [0.2, 0.25) is 5.82 Å². The van der Waals surface area contributed by atoms with Crippen molar-refractivity contribution in [1.29, 1.82) is 0 Å². The topological polar surface area (TPSA) is 101 Å². The lowest BCUT2D eigenvalue weighted by molar-refractivity contribution is 0.202. The maximum atomic E-state index is 4.68. The Kier molecular flexibility index (Phi) is 4.93. The van der Waals surface area contributed by atoms with E-state index < -0.39 is 0 Å². The average Bonchev–Trinajstić information content (AvgIpc) is 3.60. The van der Waals surface area contributed by atoms with Gasteiger partial charge in [0.05, 0.1) is 0 Å². The first-order valence-electron chi connectivity index (χ1n) is 10.6. The molecule has 1 aromatic carbocycles. The van der Waals surface area contributed by atoms with Crippen LogP contribution in [0.1, 0.15) is 30.1 Å². The van der Waals surface area contributed by atoms with Crippen molar-refractivity contribution in [2.75, 3.05) is 13.1 Å². The van der Waals surface area contributed by atoms with Crippen molar-refractivity contribution < 1.29 is 0 Å². The summed E-state index contributed by atoms with van der Waals surface area (Å²) in [6.45, 7) is 3.02. The molecule has 1 fully saturated rings. The zero-order chi connectivity index (χ0) is 21.3. The molecule has 10 heteroatoms. The molecule has 5 aromatic rings. The monoisotopic (exact) mass is 443 g/mol. The van der Waals surface area contributed by atoms with Gasteiger partial charge in [0.1, 0.15) is 5.82 Å². The Morgan fingerprint density at radius 3 is 2.66 bits per heavy atom. The zero-order valence-electron chi connectivity index (χ0n) is 17.3. The quantitative estimate of drug-likeness (QED) is 0.444. The van der Waals surface area contributed by atoms with Crippen molar-refractivity contribution in [2.45, 2.75) is 25.3 Å². The number of piperidine rings is 1. The van der Waals surface area contributed by atoms with Gasteiger partial charge in [-0.1, -0.05) is 24.3 Å². The van der Waals surface area contributed by atoms with Gasteiger partial charge >= 0.3 is 0 Å². The molecule has 1 aliphatic heterocycles. The van der Waals surface area contributed by atoms with E-state index in [1.807, 2.05) is 17.6 Å². The Balaban J connectivity index is 1.07. The second-order valence-electron chi connectivity index (χ2n) is 7.93. The van der Waals surface area contributed by atoms with Gasteiger partial charge in [-0.2, -0.15) is 10.1 Å². The van der Waals surface area contributed by atoms with Crippen LogP contribution in [-0.2, 0) is 6.54 Å². The van der Waals surface area contributed by atoms with Crippen molar-refractivity contribution in [3.63, 3.8) is 0 Å². The molecule has 4 aromatic heterocycles. The number of hydrogen-bond acceptors (Lipinski definition) is 8. The number of aromatic amines is 1. The van der Waals surface area contributed by atoms with E-state index in [9.17, 15) is 0 Å². The second kappa shape index (κ2) is 8.21. The molecule has 5 heterocycles. The summed E-state index contributed by atoms with van der Waals surface area (Å²) in [5.41, 5.74) is 2.29. The summed E-state index contributed by atoms with van der Waals surface area (Å²) in [4.78, 5) is 20.2. The molecule has 0 unspecified atom stereocenters. The van der Waals surface area contributed by atoms with E-state index in [4.69, 9.17) is 0 Å². The highest BCUT2D eigenvalue weighted by Crippen LogP contribution is 2.28. The van der Waals surface area contributed by atoms with Gasteiger partial charge in [-0.3, -0.25) is 10.00 Å². The number of rotatable bonds is 5. The van der Waals surface area contributed by atoms with Crippen molar-refractivity contribution in [3.8, 4) is 22.2 Å².